The molecule has 166 valence electrons. The van der Waals surface area contributed by atoms with E-state index < -0.39 is 0 Å². The molecule has 2 aromatic rings. The first-order chi connectivity index (χ1) is 15.2. The number of piperidine rings is 1. The number of amides is 1. The Kier molecular flexibility index (Phi) is 7.10. The monoisotopic (exact) mass is 423 g/mol. The van der Waals surface area contributed by atoms with Crippen molar-refractivity contribution in [3.05, 3.63) is 59.7 Å². The van der Waals surface area contributed by atoms with Crippen LogP contribution in [0.2, 0.25) is 0 Å². The van der Waals surface area contributed by atoms with Crippen LogP contribution in [0.25, 0.3) is 0 Å². The normalized spacial score (nSPS) is 20.5. The lowest BCUT2D eigenvalue weighted by Gasteiger charge is -2.43. The Hall–Kier alpha value is -2.57. The number of benzene rings is 2. The van der Waals surface area contributed by atoms with Crippen molar-refractivity contribution in [1.82, 2.24) is 14.7 Å². The molecule has 6 heteroatoms. The van der Waals surface area contributed by atoms with E-state index in [9.17, 15) is 4.79 Å². The van der Waals surface area contributed by atoms with Crippen molar-refractivity contribution in [2.24, 2.45) is 0 Å². The number of piperazine rings is 1. The summed E-state index contributed by atoms with van der Waals surface area (Å²) in [7, 11) is 3.17. The van der Waals surface area contributed by atoms with Crippen LogP contribution >= 0.6 is 0 Å². The number of carbonyl (C=O) groups excluding carboxylic acids is 1. The van der Waals surface area contributed by atoms with Crippen molar-refractivity contribution in [2.75, 3.05) is 53.5 Å². The Morgan fingerprint density at radius 1 is 0.935 bits per heavy atom. The topological polar surface area (TPSA) is 45.2 Å². The van der Waals surface area contributed by atoms with E-state index in [-0.39, 0.29) is 5.91 Å². The highest BCUT2D eigenvalue weighted by atomic mass is 16.5. The van der Waals surface area contributed by atoms with Gasteiger partial charge in [-0.2, -0.15) is 0 Å². The van der Waals surface area contributed by atoms with Gasteiger partial charge >= 0.3 is 0 Å². The summed E-state index contributed by atoms with van der Waals surface area (Å²) in [6.07, 6.45) is 2.47. The van der Waals surface area contributed by atoms with Crippen molar-refractivity contribution in [3.8, 4) is 11.5 Å². The molecule has 2 aliphatic rings. The maximum atomic E-state index is 13.1. The third-order valence-corrected chi connectivity index (χ3v) is 6.48. The summed E-state index contributed by atoms with van der Waals surface area (Å²) in [4.78, 5) is 20.2. The molecule has 2 saturated heterocycles. The largest absolute Gasteiger partial charge is 0.493 e. The maximum Gasteiger partial charge on any atom is 0.257 e. The molecule has 2 aromatic carbocycles. The van der Waals surface area contributed by atoms with E-state index in [0.717, 1.165) is 39.3 Å². The molecular formula is C25H33N3O3. The summed E-state index contributed by atoms with van der Waals surface area (Å²) in [5.41, 5.74) is 1.95. The predicted octanol–water partition coefficient (Wildman–Crippen LogP) is 3.13. The molecular weight excluding hydrogens is 390 g/mol. The van der Waals surface area contributed by atoms with Gasteiger partial charge in [0.2, 0.25) is 0 Å². The van der Waals surface area contributed by atoms with E-state index in [1.807, 2.05) is 23.1 Å². The first-order valence-corrected chi connectivity index (χ1v) is 11.2. The fourth-order valence-electron chi connectivity index (χ4n) is 4.83. The highest BCUT2D eigenvalue weighted by Crippen LogP contribution is 2.32. The average Bonchev–Trinajstić information content (AvgIpc) is 2.84. The van der Waals surface area contributed by atoms with E-state index in [0.29, 0.717) is 23.1 Å². The molecule has 6 nitrogen and oxygen atoms in total. The zero-order valence-corrected chi connectivity index (χ0v) is 18.6. The number of ether oxygens (including phenoxy) is 2. The van der Waals surface area contributed by atoms with Gasteiger partial charge in [-0.05, 0) is 37.1 Å². The smallest absolute Gasteiger partial charge is 0.257 e. The molecule has 0 bridgehead atoms. The Bertz CT molecular complexity index is 866. The first-order valence-electron chi connectivity index (χ1n) is 11.2. The average molecular weight is 424 g/mol. The number of para-hydroxylation sites is 1. The van der Waals surface area contributed by atoms with Gasteiger partial charge in [-0.25, -0.2) is 0 Å². The number of carbonyl (C=O) groups is 1. The van der Waals surface area contributed by atoms with Crippen molar-refractivity contribution in [2.45, 2.75) is 25.4 Å². The summed E-state index contributed by atoms with van der Waals surface area (Å²) in [6.45, 7) is 6.62. The minimum absolute atomic E-state index is 0.0183. The third kappa shape index (κ3) is 5.02. The van der Waals surface area contributed by atoms with Crippen LogP contribution in [0.4, 0.5) is 0 Å². The minimum Gasteiger partial charge on any atom is -0.493 e. The summed E-state index contributed by atoms with van der Waals surface area (Å²) in [6, 6.07) is 16.8. The summed E-state index contributed by atoms with van der Waals surface area (Å²) < 4.78 is 10.8. The molecule has 0 radical (unpaired) electrons. The van der Waals surface area contributed by atoms with Gasteiger partial charge in [-0.1, -0.05) is 36.4 Å². The number of hydrogen-bond donors (Lipinski definition) is 0. The molecule has 2 fully saturated rings. The van der Waals surface area contributed by atoms with Crippen LogP contribution in [0.5, 0.6) is 11.5 Å². The molecule has 0 aromatic heterocycles. The van der Waals surface area contributed by atoms with Gasteiger partial charge in [0, 0.05) is 45.3 Å². The lowest BCUT2D eigenvalue weighted by atomic mass is 10.0. The van der Waals surface area contributed by atoms with Crippen molar-refractivity contribution in [3.63, 3.8) is 0 Å². The quantitative estimate of drug-likeness (QED) is 0.714. The van der Waals surface area contributed by atoms with Gasteiger partial charge in [-0.15, -0.1) is 0 Å². The minimum atomic E-state index is 0.0183. The first kappa shape index (κ1) is 21.7. The predicted molar refractivity (Wildman–Crippen MR) is 122 cm³/mol. The maximum absolute atomic E-state index is 13.1. The highest BCUT2D eigenvalue weighted by molar-refractivity contribution is 5.97. The number of rotatable bonds is 6. The van der Waals surface area contributed by atoms with Crippen LogP contribution in [0.1, 0.15) is 28.8 Å². The third-order valence-electron chi connectivity index (χ3n) is 6.48. The Balaban J connectivity index is 1.34. The zero-order chi connectivity index (χ0) is 21.6. The van der Waals surface area contributed by atoms with E-state index in [2.05, 4.69) is 40.1 Å². The molecule has 0 N–H and O–H groups in total. The number of hydrogen-bond acceptors (Lipinski definition) is 5. The standard InChI is InChI=1S/C25H33N3O3/c1-30-23-12-6-11-22(24(23)31-2)25(29)28-16-14-27(15-17-28)21-10-7-13-26(19-21)18-20-8-4-3-5-9-20/h3-6,8-9,11-12,21H,7,10,13-19H2,1-2H3/t21-/m0/s1. The molecule has 1 amide bonds. The van der Waals surface area contributed by atoms with Crippen molar-refractivity contribution >= 4 is 5.91 Å². The highest BCUT2D eigenvalue weighted by Gasteiger charge is 2.30. The second kappa shape index (κ2) is 10.2. The van der Waals surface area contributed by atoms with E-state index >= 15 is 0 Å². The van der Waals surface area contributed by atoms with Crippen LogP contribution in [-0.4, -0.2) is 80.1 Å². The lowest BCUT2D eigenvalue weighted by Crippen LogP contribution is -2.55. The van der Waals surface area contributed by atoms with Gasteiger partial charge in [0.25, 0.3) is 5.91 Å². The molecule has 2 aliphatic heterocycles. The van der Waals surface area contributed by atoms with Gasteiger partial charge < -0.3 is 14.4 Å². The van der Waals surface area contributed by atoms with Gasteiger partial charge in [0.05, 0.1) is 19.8 Å². The fraction of sp³-hybridized carbons (Fsp3) is 0.480. The fourth-order valence-corrected chi connectivity index (χ4v) is 4.83. The zero-order valence-electron chi connectivity index (χ0n) is 18.6. The van der Waals surface area contributed by atoms with Gasteiger partial charge in [-0.3, -0.25) is 14.6 Å². The molecule has 0 spiro atoms. The van der Waals surface area contributed by atoms with Crippen LogP contribution in [0.15, 0.2) is 48.5 Å². The number of nitrogens with zero attached hydrogens (tertiary/aromatic N) is 3. The molecule has 0 aliphatic carbocycles. The van der Waals surface area contributed by atoms with Crippen LogP contribution in [0, 0.1) is 0 Å². The van der Waals surface area contributed by atoms with E-state index in [1.165, 1.54) is 24.9 Å². The molecule has 0 unspecified atom stereocenters. The Morgan fingerprint density at radius 2 is 1.71 bits per heavy atom. The Labute approximate surface area is 185 Å². The van der Waals surface area contributed by atoms with E-state index in [1.54, 1.807) is 14.2 Å². The molecule has 1 atom stereocenters. The number of methoxy groups -OCH3 is 2. The Morgan fingerprint density at radius 3 is 2.42 bits per heavy atom. The van der Waals surface area contributed by atoms with Crippen LogP contribution in [0.3, 0.4) is 0 Å². The van der Waals surface area contributed by atoms with Gasteiger partial charge in [0.1, 0.15) is 0 Å². The summed E-state index contributed by atoms with van der Waals surface area (Å²) in [5, 5.41) is 0. The summed E-state index contributed by atoms with van der Waals surface area (Å²) >= 11 is 0. The molecule has 4 rings (SSSR count). The van der Waals surface area contributed by atoms with Crippen molar-refractivity contribution < 1.29 is 14.3 Å². The SMILES string of the molecule is COc1cccc(C(=O)N2CCN([C@H]3CCCN(Cc4ccccc4)C3)CC2)c1OC. The number of likely N-dealkylation sites (tertiary alicyclic amines) is 1. The molecule has 2 heterocycles. The molecule has 0 saturated carbocycles. The van der Waals surface area contributed by atoms with Crippen LogP contribution < -0.4 is 9.47 Å². The molecule has 31 heavy (non-hydrogen) atoms. The van der Waals surface area contributed by atoms with Crippen LogP contribution in [-0.2, 0) is 6.54 Å². The second-order valence-electron chi connectivity index (χ2n) is 8.39. The lowest BCUT2D eigenvalue weighted by molar-refractivity contribution is 0.0403. The van der Waals surface area contributed by atoms with E-state index in [4.69, 9.17) is 9.47 Å². The summed E-state index contributed by atoms with van der Waals surface area (Å²) in [5.74, 6) is 1.12. The second-order valence-corrected chi connectivity index (χ2v) is 8.39. The van der Waals surface area contributed by atoms with Gasteiger partial charge in [0.15, 0.2) is 11.5 Å². The van der Waals surface area contributed by atoms with Crippen molar-refractivity contribution in [1.29, 1.82) is 0 Å².